The van der Waals surface area contributed by atoms with Gasteiger partial charge in [-0.3, -0.25) is 4.79 Å². The second-order valence-electron chi connectivity index (χ2n) is 7.04. The van der Waals surface area contributed by atoms with E-state index in [9.17, 15) is 13.2 Å². The number of hydrogen-bond donors (Lipinski definition) is 2. The lowest BCUT2D eigenvalue weighted by molar-refractivity contribution is -0.122. The molecule has 0 aromatic heterocycles. The molecule has 1 saturated heterocycles. The van der Waals surface area contributed by atoms with Gasteiger partial charge in [-0.15, -0.1) is 0 Å². The van der Waals surface area contributed by atoms with E-state index in [1.54, 1.807) is 24.3 Å². The molecule has 1 amide bonds. The lowest BCUT2D eigenvalue weighted by Crippen LogP contribution is -2.36. The van der Waals surface area contributed by atoms with E-state index < -0.39 is 16.1 Å². The zero-order chi connectivity index (χ0) is 20.0. The molecule has 0 saturated carbocycles. The molecular weight excluding hydrogens is 376 g/mol. The van der Waals surface area contributed by atoms with Crippen LogP contribution in [0.4, 0.5) is 0 Å². The summed E-state index contributed by atoms with van der Waals surface area (Å²) in [6.45, 7) is 3.07. The first-order chi connectivity index (χ1) is 13.4. The number of sulfonamides is 1. The number of ether oxygens (including phenoxy) is 1. The Morgan fingerprint density at radius 1 is 1.14 bits per heavy atom. The second kappa shape index (κ2) is 9.32. The molecule has 3 rings (SSSR count). The van der Waals surface area contributed by atoms with E-state index in [4.69, 9.17) is 4.74 Å². The first-order valence-corrected chi connectivity index (χ1v) is 10.9. The Balaban J connectivity index is 1.71. The zero-order valence-corrected chi connectivity index (χ0v) is 16.7. The Morgan fingerprint density at radius 3 is 2.50 bits per heavy atom. The average Bonchev–Trinajstić information content (AvgIpc) is 3.20. The van der Waals surface area contributed by atoms with Gasteiger partial charge in [0.05, 0.1) is 17.0 Å². The molecule has 0 radical (unpaired) electrons. The molecule has 0 spiro atoms. The van der Waals surface area contributed by atoms with Gasteiger partial charge in [0, 0.05) is 19.6 Å². The zero-order valence-electron chi connectivity index (χ0n) is 15.9. The van der Waals surface area contributed by atoms with Crippen LogP contribution in [0.3, 0.4) is 0 Å². The monoisotopic (exact) mass is 402 g/mol. The molecule has 1 heterocycles. The molecule has 1 aliphatic heterocycles. The molecular formula is C21H26N2O4S. The molecule has 150 valence electrons. The molecule has 2 atom stereocenters. The fourth-order valence-corrected chi connectivity index (χ4v) is 4.40. The Bertz CT molecular complexity index is 876. The van der Waals surface area contributed by atoms with E-state index >= 15 is 0 Å². The van der Waals surface area contributed by atoms with E-state index in [0.29, 0.717) is 6.54 Å². The summed E-state index contributed by atoms with van der Waals surface area (Å²) in [6.07, 6.45) is 2.00. The van der Waals surface area contributed by atoms with Crippen molar-refractivity contribution in [2.75, 3.05) is 13.2 Å². The van der Waals surface area contributed by atoms with Crippen LogP contribution in [0.25, 0.3) is 0 Å². The number of carbonyl (C=O) groups is 1. The highest BCUT2D eigenvalue weighted by atomic mass is 32.2. The van der Waals surface area contributed by atoms with Crippen LogP contribution in [-0.2, 0) is 19.6 Å². The summed E-state index contributed by atoms with van der Waals surface area (Å²) in [5.41, 5.74) is 1.72. The molecule has 28 heavy (non-hydrogen) atoms. The van der Waals surface area contributed by atoms with Crippen molar-refractivity contribution in [3.8, 4) is 0 Å². The largest absolute Gasteiger partial charge is 0.376 e. The maximum absolute atomic E-state index is 12.8. The number of aryl methyl sites for hydroxylation is 1. The van der Waals surface area contributed by atoms with Crippen LogP contribution in [0.2, 0.25) is 0 Å². The molecule has 6 nitrogen and oxygen atoms in total. The van der Waals surface area contributed by atoms with Gasteiger partial charge in [0.15, 0.2) is 0 Å². The third-order valence-electron chi connectivity index (χ3n) is 4.77. The molecule has 1 fully saturated rings. The quantitative estimate of drug-likeness (QED) is 0.711. The van der Waals surface area contributed by atoms with Gasteiger partial charge in [-0.1, -0.05) is 48.0 Å². The normalized spacial score (nSPS) is 18.0. The summed E-state index contributed by atoms with van der Waals surface area (Å²) >= 11 is 0. The first kappa shape index (κ1) is 20.5. The van der Waals surface area contributed by atoms with Gasteiger partial charge in [-0.25, -0.2) is 13.1 Å². The predicted octanol–water partition coefficient (Wildman–Crippen LogP) is 2.70. The Labute approximate surface area is 166 Å². The smallest absolute Gasteiger partial charge is 0.241 e. The third kappa shape index (κ3) is 5.64. The fraction of sp³-hybridized carbons (Fsp3) is 0.381. The summed E-state index contributed by atoms with van der Waals surface area (Å²) in [6, 6.07) is 15.1. The minimum Gasteiger partial charge on any atom is -0.376 e. The van der Waals surface area contributed by atoms with Crippen LogP contribution < -0.4 is 10.0 Å². The Morgan fingerprint density at radius 2 is 1.86 bits per heavy atom. The number of nitrogens with one attached hydrogen (secondary N) is 2. The lowest BCUT2D eigenvalue weighted by atomic mass is 10.0. The topological polar surface area (TPSA) is 84.5 Å². The highest BCUT2D eigenvalue weighted by molar-refractivity contribution is 7.89. The van der Waals surface area contributed by atoms with Crippen molar-refractivity contribution in [2.24, 2.45) is 0 Å². The van der Waals surface area contributed by atoms with Gasteiger partial charge in [0.1, 0.15) is 0 Å². The summed E-state index contributed by atoms with van der Waals surface area (Å²) < 4.78 is 33.8. The van der Waals surface area contributed by atoms with Crippen molar-refractivity contribution in [2.45, 2.75) is 43.2 Å². The van der Waals surface area contributed by atoms with E-state index in [1.165, 1.54) is 0 Å². The summed E-state index contributed by atoms with van der Waals surface area (Å²) in [7, 11) is -3.76. The van der Waals surface area contributed by atoms with Crippen molar-refractivity contribution >= 4 is 15.9 Å². The highest BCUT2D eigenvalue weighted by Crippen LogP contribution is 2.21. The van der Waals surface area contributed by atoms with E-state index in [2.05, 4.69) is 10.0 Å². The van der Waals surface area contributed by atoms with Crippen LogP contribution >= 0.6 is 0 Å². The summed E-state index contributed by atoms with van der Waals surface area (Å²) in [5, 5.41) is 2.86. The van der Waals surface area contributed by atoms with Crippen molar-refractivity contribution in [3.63, 3.8) is 0 Å². The number of benzene rings is 2. The van der Waals surface area contributed by atoms with E-state index in [1.807, 2.05) is 37.3 Å². The molecule has 2 aromatic rings. The van der Waals surface area contributed by atoms with E-state index in [-0.39, 0.29) is 23.3 Å². The predicted molar refractivity (Wildman–Crippen MR) is 107 cm³/mol. The SMILES string of the molecule is Cc1ccc(S(=O)(=O)N[C@H](CC(=O)NC[C@@H]2CCCO2)c2ccccc2)cc1. The number of rotatable bonds is 8. The molecule has 0 unspecified atom stereocenters. The molecule has 2 N–H and O–H groups in total. The Hall–Kier alpha value is -2.22. The summed E-state index contributed by atoms with van der Waals surface area (Å²) in [5.74, 6) is -0.212. The van der Waals surface area contributed by atoms with Crippen LogP contribution in [0.1, 0.15) is 36.4 Å². The number of hydrogen-bond acceptors (Lipinski definition) is 4. The van der Waals surface area contributed by atoms with Crippen LogP contribution in [0, 0.1) is 6.92 Å². The molecule has 2 aromatic carbocycles. The van der Waals surface area contributed by atoms with Gasteiger partial charge in [0.2, 0.25) is 15.9 Å². The molecule has 7 heteroatoms. The number of amides is 1. The van der Waals surface area contributed by atoms with Crippen LogP contribution in [0.5, 0.6) is 0 Å². The minimum atomic E-state index is -3.76. The van der Waals surface area contributed by atoms with E-state index in [0.717, 1.165) is 30.6 Å². The number of carbonyl (C=O) groups excluding carboxylic acids is 1. The first-order valence-electron chi connectivity index (χ1n) is 9.46. The van der Waals surface area contributed by atoms with Crippen molar-refractivity contribution < 1.29 is 17.9 Å². The fourth-order valence-electron chi connectivity index (χ4n) is 3.18. The molecule has 0 bridgehead atoms. The maximum atomic E-state index is 12.8. The minimum absolute atomic E-state index is 0.0157. The van der Waals surface area contributed by atoms with Crippen molar-refractivity contribution in [1.82, 2.24) is 10.0 Å². The van der Waals surface area contributed by atoms with Gasteiger partial charge in [-0.2, -0.15) is 0 Å². The molecule has 1 aliphatic rings. The van der Waals surface area contributed by atoms with Gasteiger partial charge < -0.3 is 10.1 Å². The standard InChI is InChI=1S/C21H26N2O4S/c1-16-9-11-19(12-10-16)28(25,26)23-20(17-6-3-2-4-7-17)14-21(24)22-15-18-8-5-13-27-18/h2-4,6-7,9-12,18,20,23H,5,8,13-15H2,1H3,(H,22,24)/t18-,20+/m0/s1. The molecule has 0 aliphatic carbocycles. The maximum Gasteiger partial charge on any atom is 0.241 e. The Kier molecular flexibility index (Phi) is 6.83. The van der Waals surface area contributed by atoms with Gasteiger partial charge in [-0.05, 0) is 37.5 Å². The van der Waals surface area contributed by atoms with Gasteiger partial charge in [0.25, 0.3) is 0 Å². The van der Waals surface area contributed by atoms with Crippen LogP contribution in [0.15, 0.2) is 59.5 Å². The van der Waals surface area contributed by atoms with Crippen LogP contribution in [-0.4, -0.2) is 33.6 Å². The third-order valence-corrected chi connectivity index (χ3v) is 6.26. The summed E-state index contributed by atoms with van der Waals surface area (Å²) in [4.78, 5) is 12.6. The van der Waals surface area contributed by atoms with Crippen molar-refractivity contribution in [1.29, 1.82) is 0 Å². The average molecular weight is 403 g/mol. The lowest BCUT2D eigenvalue weighted by Gasteiger charge is -2.20. The highest BCUT2D eigenvalue weighted by Gasteiger charge is 2.24. The second-order valence-corrected chi connectivity index (χ2v) is 8.75. The van der Waals surface area contributed by atoms with Crippen molar-refractivity contribution in [3.05, 3.63) is 65.7 Å². The van der Waals surface area contributed by atoms with Gasteiger partial charge >= 0.3 is 0 Å².